The molecular weight excluding hydrogens is 297 g/mol. The van der Waals surface area contributed by atoms with Crippen molar-refractivity contribution in [3.63, 3.8) is 0 Å². The molecule has 2 nitrogen and oxygen atoms in total. The molecule has 2 rings (SSSR count). The fourth-order valence-corrected chi connectivity index (χ4v) is 2.82. The number of thiophene rings is 1. The summed E-state index contributed by atoms with van der Waals surface area (Å²) in [6.45, 7) is 6.14. The van der Waals surface area contributed by atoms with Gasteiger partial charge >= 0.3 is 0 Å². The van der Waals surface area contributed by atoms with Gasteiger partial charge in [-0.05, 0) is 51.6 Å². The van der Waals surface area contributed by atoms with Crippen molar-refractivity contribution in [2.45, 2.75) is 26.8 Å². The van der Waals surface area contributed by atoms with Gasteiger partial charge in [-0.25, -0.2) is 4.39 Å². The van der Waals surface area contributed by atoms with E-state index in [4.69, 9.17) is 0 Å². The fourth-order valence-electron chi connectivity index (χ4n) is 2.19. The van der Waals surface area contributed by atoms with Crippen LogP contribution in [0.2, 0.25) is 0 Å². The van der Waals surface area contributed by atoms with Crippen molar-refractivity contribution in [3.8, 4) is 0 Å². The van der Waals surface area contributed by atoms with E-state index in [0.29, 0.717) is 0 Å². The molecule has 1 N–H and O–H groups in total. The summed E-state index contributed by atoms with van der Waals surface area (Å²) in [5.74, 6) is -0.435. The molecule has 0 bridgehead atoms. The van der Waals surface area contributed by atoms with Crippen LogP contribution in [0.25, 0.3) is 6.08 Å². The highest BCUT2D eigenvalue weighted by molar-refractivity contribution is 7.08. The largest absolute Gasteiger partial charge is 0.345 e. The van der Waals surface area contributed by atoms with E-state index in [0.717, 1.165) is 11.1 Å². The maximum absolute atomic E-state index is 13.1. The van der Waals surface area contributed by atoms with Gasteiger partial charge in [0.1, 0.15) is 5.82 Å². The van der Waals surface area contributed by atoms with Crippen LogP contribution in [0.1, 0.15) is 37.9 Å². The Morgan fingerprint density at radius 2 is 1.91 bits per heavy atom. The van der Waals surface area contributed by atoms with Gasteiger partial charge in [-0.3, -0.25) is 4.79 Å². The van der Waals surface area contributed by atoms with E-state index in [9.17, 15) is 9.18 Å². The highest BCUT2D eigenvalue weighted by Crippen LogP contribution is 2.32. The molecule has 0 aliphatic carbocycles. The maximum atomic E-state index is 13.1. The first-order chi connectivity index (χ1) is 10.4. The minimum atomic E-state index is -0.278. The topological polar surface area (TPSA) is 29.1 Å². The summed E-state index contributed by atoms with van der Waals surface area (Å²) in [5, 5.41) is 6.95. The minimum absolute atomic E-state index is 0.157. The molecule has 0 saturated carbocycles. The average Bonchev–Trinajstić information content (AvgIpc) is 2.96. The van der Waals surface area contributed by atoms with Crippen molar-refractivity contribution in [2.75, 3.05) is 0 Å². The monoisotopic (exact) mass is 317 g/mol. The Kier molecular flexibility index (Phi) is 5.14. The number of amides is 1. The number of nitrogens with one attached hydrogen (secondary N) is 1. The van der Waals surface area contributed by atoms with Gasteiger partial charge in [0, 0.05) is 6.08 Å². The van der Waals surface area contributed by atoms with Crippen LogP contribution < -0.4 is 5.32 Å². The van der Waals surface area contributed by atoms with Gasteiger partial charge in [0.15, 0.2) is 0 Å². The van der Waals surface area contributed by atoms with Crippen molar-refractivity contribution in [3.05, 3.63) is 64.1 Å². The standard InChI is InChI=1S/C18H20FNOS/c1-18(2,3)17(14-5-7-15(19)8-6-14)20-16(21)9-4-13-10-11-22-12-13/h4-12,17H,1-3H3,(H,20,21)/b9-4+. The molecule has 0 spiro atoms. The maximum Gasteiger partial charge on any atom is 0.244 e. The first kappa shape index (κ1) is 16.4. The molecule has 0 fully saturated rings. The Bertz CT molecular complexity index is 639. The average molecular weight is 317 g/mol. The molecule has 116 valence electrons. The molecule has 2 aromatic rings. The second-order valence-corrected chi connectivity index (χ2v) is 7.03. The summed E-state index contributed by atoms with van der Waals surface area (Å²) in [6, 6.07) is 8.04. The number of carbonyl (C=O) groups is 1. The molecule has 1 aromatic carbocycles. The third kappa shape index (κ3) is 4.53. The van der Waals surface area contributed by atoms with Crippen LogP contribution in [0.3, 0.4) is 0 Å². The number of carbonyl (C=O) groups excluding carboxylic acids is 1. The van der Waals surface area contributed by atoms with Gasteiger partial charge in [-0.2, -0.15) is 11.3 Å². The van der Waals surface area contributed by atoms with Gasteiger partial charge in [-0.15, -0.1) is 0 Å². The third-order valence-corrected chi connectivity index (χ3v) is 4.03. The number of hydrogen-bond donors (Lipinski definition) is 1. The highest BCUT2D eigenvalue weighted by atomic mass is 32.1. The van der Waals surface area contributed by atoms with Crippen LogP contribution in [0.4, 0.5) is 4.39 Å². The number of rotatable bonds is 4. The summed E-state index contributed by atoms with van der Waals surface area (Å²) in [7, 11) is 0. The van der Waals surface area contributed by atoms with Crippen molar-refractivity contribution in [2.24, 2.45) is 5.41 Å². The zero-order valence-corrected chi connectivity index (χ0v) is 13.8. The van der Waals surface area contributed by atoms with Crippen molar-refractivity contribution >= 4 is 23.3 Å². The summed E-state index contributed by atoms with van der Waals surface area (Å²) in [4.78, 5) is 12.2. The fraction of sp³-hybridized carbons (Fsp3) is 0.278. The van der Waals surface area contributed by atoms with E-state index in [1.54, 1.807) is 29.5 Å². The van der Waals surface area contributed by atoms with Crippen molar-refractivity contribution in [1.29, 1.82) is 0 Å². The summed E-state index contributed by atoms with van der Waals surface area (Å²) in [6.07, 6.45) is 3.32. The summed E-state index contributed by atoms with van der Waals surface area (Å²) in [5.41, 5.74) is 1.73. The molecule has 1 unspecified atom stereocenters. The molecule has 0 radical (unpaired) electrons. The number of benzene rings is 1. The van der Waals surface area contributed by atoms with E-state index in [1.807, 2.05) is 37.6 Å². The minimum Gasteiger partial charge on any atom is -0.345 e. The molecule has 0 aliphatic heterocycles. The zero-order chi connectivity index (χ0) is 16.2. The summed E-state index contributed by atoms with van der Waals surface area (Å²) >= 11 is 1.59. The van der Waals surface area contributed by atoms with Gasteiger partial charge in [0.05, 0.1) is 6.04 Å². The van der Waals surface area contributed by atoms with Crippen LogP contribution in [0.5, 0.6) is 0 Å². The van der Waals surface area contributed by atoms with Crippen LogP contribution in [0.15, 0.2) is 47.2 Å². The molecule has 0 aliphatic rings. The second kappa shape index (κ2) is 6.88. The Hall–Kier alpha value is -1.94. The zero-order valence-electron chi connectivity index (χ0n) is 13.0. The lowest BCUT2D eigenvalue weighted by Gasteiger charge is -2.31. The van der Waals surface area contributed by atoms with Crippen molar-refractivity contribution in [1.82, 2.24) is 5.32 Å². The van der Waals surface area contributed by atoms with Crippen LogP contribution >= 0.6 is 11.3 Å². The molecule has 1 aromatic heterocycles. The highest BCUT2D eigenvalue weighted by Gasteiger charge is 2.27. The first-order valence-corrected chi connectivity index (χ1v) is 8.07. The van der Waals surface area contributed by atoms with Crippen LogP contribution in [-0.2, 0) is 4.79 Å². The Morgan fingerprint density at radius 1 is 1.23 bits per heavy atom. The Morgan fingerprint density at radius 3 is 2.45 bits per heavy atom. The van der Waals surface area contributed by atoms with Gasteiger partial charge in [-0.1, -0.05) is 32.9 Å². The second-order valence-electron chi connectivity index (χ2n) is 6.25. The van der Waals surface area contributed by atoms with Gasteiger partial charge in [0.2, 0.25) is 5.91 Å². The van der Waals surface area contributed by atoms with Gasteiger partial charge in [0.25, 0.3) is 0 Å². The molecule has 1 atom stereocenters. The molecule has 22 heavy (non-hydrogen) atoms. The normalized spacial score (nSPS) is 13.3. The lowest BCUT2D eigenvalue weighted by Crippen LogP contribution is -2.35. The molecular formula is C18H20FNOS. The summed E-state index contributed by atoms with van der Waals surface area (Å²) < 4.78 is 13.1. The van der Waals surface area contributed by atoms with E-state index < -0.39 is 0 Å². The Labute approximate surface area is 134 Å². The van der Waals surface area contributed by atoms with Crippen LogP contribution in [-0.4, -0.2) is 5.91 Å². The van der Waals surface area contributed by atoms with Crippen LogP contribution in [0, 0.1) is 11.2 Å². The molecule has 1 amide bonds. The Balaban J connectivity index is 2.13. The van der Waals surface area contributed by atoms with E-state index >= 15 is 0 Å². The first-order valence-electron chi connectivity index (χ1n) is 7.12. The SMILES string of the molecule is CC(C)(C)C(NC(=O)/C=C/c1ccsc1)c1ccc(F)cc1. The predicted octanol–water partition coefficient (Wildman–Crippen LogP) is 4.80. The van der Waals surface area contributed by atoms with E-state index in [-0.39, 0.29) is 23.2 Å². The molecule has 4 heteroatoms. The van der Waals surface area contributed by atoms with Gasteiger partial charge < -0.3 is 5.32 Å². The molecule has 0 saturated heterocycles. The quantitative estimate of drug-likeness (QED) is 0.806. The lowest BCUT2D eigenvalue weighted by molar-refractivity contribution is -0.117. The van der Waals surface area contributed by atoms with E-state index in [2.05, 4.69) is 5.32 Å². The molecule has 1 heterocycles. The third-order valence-electron chi connectivity index (χ3n) is 3.33. The number of halogens is 1. The smallest absolute Gasteiger partial charge is 0.244 e. The number of hydrogen-bond acceptors (Lipinski definition) is 2. The van der Waals surface area contributed by atoms with E-state index in [1.165, 1.54) is 18.2 Å². The predicted molar refractivity (Wildman–Crippen MR) is 90.1 cm³/mol. The van der Waals surface area contributed by atoms with Crippen molar-refractivity contribution < 1.29 is 9.18 Å². The lowest BCUT2D eigenvalue weighted by atomic mass is 9.82.